The summed E-state index contributed by atoms with van der Waals surface area (Å²) in [6.07, 6.45) is 5.24. The van der Waals surface area contributed by atoms with Gasteiger partial charge in [-0.1, -0.05) is 72.5 Å². The third-order valence-electron chi connectivity index (χ3n) is 6.74. The predicted octanol–water partition coefficient (Wildman–Crippen LogP) is 4.47. The first-order valence-corrected chi connectivity index (χ1v) is 12.8. The van der Waals surface area contributed by atoms with Gasteiger partial charge in [0.1, 0.15) is 5.82 Å². The lowest BCUT2D eigenvalue weighted by atomic mass is 10.00. The minimum Gasteiger partial charge on any atom is -0.391 e. The molecule has 0 fully saturated rings. The number of nitrogens with zero attached hydrogens (tertiary/aromatic N) is 6. The Morgan fingerprint density at radius 3 is 2.14 bits per heavy atom. The van der Waals surface area contributed by atoms with Gasteiger partial charge in [-0.3, -0.25) is 0 Å². The van der Waals surface area contributed by atoms with Gasteiger partial charge >= 0.3 is 0 Å². The number of anilines is 1. The molecule has 3 heterocycles. The Bertz CT molecular complexity index is 1270. The number of unbranched alkanes of at least 4 members (excludes halogenated alkanes) is 3. The fourth-order valence-corrected chi connectivity index (χ4v) is 4.74. The summed E-state index contributed by atoms with van der Waals surface area (Å²) in [5.74, 6) is 1.74. The summed E-state index contributed by atoms with van der Waals surface area (Å²) < 4.78 is 0. The van der Waals surface area contributed by atoms with E-state index in [9.17, 15) is 5.11 Å². The maximum atomic E-state index is 10.7. The summed E-state index contributed by atoms with van der Waals surface area (Å²) in [6.45, 7) is 5.61. The Morgan fingerprint density at radius 1 is 0.861 bits per heavy atom. The van der Waals surface area contributed by atoms with E-state index in [-0.39, 0.29) is 0 Å². The van der Waals surface area contributed by atoms with E-state index in [1.165, 1.54) is 11.1 Å². The maximum absolute atomic E-state index is 10.7. The number of aryl methyl sites for hydroxylation is 3. The minimum absolute atomic E-state index is 0.443. The summed E-state index contributed by atoms with van der Waals surface area (Å²) in [4.78, 5) is 12.5. The van der Waals surface area contributed by atoms with Crippen LogP contribution in [0.1, 0.15) is 48.3 Å². The van der Waals surface area contributed by atoms with Crippen molar-refractivity contribution in [2.24, 2.45) is 0 Å². The number of aromatic amines is 1. The van der Waals surface area contributed by atoms with E-state index in [4.69, 9.17) is 9.97 Å². The van der Waals surface area contributed by atoms with Crippen molar-refractivity contribution in [2.45, 2.75) is 58.5 Å². The molecule has 0 spiro atoms. The molecule has 1 aliphatic heterocycles. The van der Waals surface area contributed by atoms with Crippen molar-refractivity contribution in [2.75, 3.05) is 18.0 Å². The molecule has 0 bridgehead atoms. The highest BCUT2D eigenvalue weighted by atomic mass is 16.3. The van der Waals surface area contributed by atoms with Crippen molar-refractivity contribution in [3.05, 3.63) is 71.2 Å². The number of aromatic nitrogens is 6. The van der Waals surface area contributed by atoms with E-state index >= 15 is 0 Å². The van der Waals surface area contributed by atoms with Crippen LogP contribution in [0.25, 0.3) is 22.5 Å². The topological polar surface area (TPSA) is 104 Å². The number of β-amino-alcohol motifs (C(OH)–C–C–N with tert-alkyl or cyclic N) is 1. The molecule has 0 aliphatic carbocycles. The summed E-state index contributed by atoms with van der Waals surface area (Å²) >= 11 is 0. The molecule has 36 heavy (non-hydrogen) atoms. The summed E-state index contributed by atoms with van der Waals surface area (Å²) in [6, 6.07) is 16.9. The zero-order chi connectivity index (χ0) is 24.9. The molecule has 1 atom stereocenters. The first kappa shape index (κ1) is 24.1. The highest BCUT2D eigenvalue weighted by molar-refractivity contribution is 5.80. The standard InChI is InChI=1S/C28H33N7O/c1-19-8-12-21(13-9-19)26-27(22-14-10-20(2)11-15-22)30-28-24(29-26)17-23(36)18-35(28)16-6-4-3-5-7-25-31-33-34-32-25/h8-15,23,36H,3-7,16-18H2,1-2H3,(H,31,32,33,34). The minimum atomic E-state index is -0.443. The van der Waals surface area contributed by atoms with Gasteiger partial charge in [0.2, 0.25) is 0 Å². The molecule has 0 saturated heterocycles. The molecule has 2 aromatic carbocycles. The molecule has 5 rings (SSSR count). The van der Waals surface area contributed by atoms with Gasteiger partial charge in [0.15, 0.2) is 5.82 Å². The second-order valence-corrected chi connectivity index (χ2v) is 9.74. The van der Waals surface area contributed by atoms with Crippen molar-refractivity contribution in [1.29, 1.82) is 0 Å². The number of tetrazole rings is 1. The fraction of sp³-hybridized carbons (Fsp3) is 0.393. The molecule has 2 aromatic heterocycles. The van der Waals surface area contributed by atoms with Crippen LogP contribution in [0.2, 0.25) is 0 Å². The molecule has 8 nitrogen and oxygen atoms in total. The molecule has 1 aliphatic rings. The molecule has 4 aromatic rings. The van der Waals surface area contributed by atoms with Crippen LogP contribution in [0.15, 0.2) is 48.5 Å². The Labute approximate surface area is 211 Å². The molecule has 1 unspecified atom stereocenters. The summed E-state index contributed by atoms with van der Waals surface area (Å²) in [5.41, 5.74) is 7.15. The van der Waals surface area contributed by atoms with E-state index < -0.39 is 6.10 Å². The van der Waals surface area contributed by atoms with Crippen LogP contribution in [0.4, 0.5) is 5.82 Å². The number of hydrogen-bond acceptors (Lipinski definition) is 7. The highest BCUT2D eigenvalue weighted by Gasteiger charge is 2.28. The van der Waals surface area contributed by atoms with Crippen molar-refractivity contribution in [3.8, 4) is 22.5 Å². The number of fused-ring (bicyclic) bond motifs is 1. The molecule has 8 heteroatoms. The molecular formula is C28H33N7O. The Balaban J connectivity index is 1.38. The zero-order valence-corrected chi connectivity index (χ0v) is 21.0. The van der Waals surface area contributed by atoms with Gasteiger partial charge in [0.05, 0.1) is 23.2 Å². The van der Waals surface area contributed by atoms with Crippen LogP contribution in [-0.2, 0) is 12.8 Å². The number of aliphatic hydroxyl groups is 1. The predicted molar refractivity (Wildman–Crippen MR) is 141 cm³/mol. The number of benzene rings is 2. The number of aliphatic hydroxyl groups excluding tert-OH is 1. The Morgan fingerprint density at radius 2 is 1.50 bits per heavy atom. The van der Waals surface area contributed by atoms with Crippen LogP contribution in [0.5, 0.6) is 0 Å². The van der Waals surface area contributed by atoms with E-state index in [0.717, 1.165) is 78.5 Å². The van der Waals surface area contributed by atoms with Gasteiger partial charge in [-0.25, -0.2) is 15.1 Å². The lowest BCUT2D eigenvalue weighted by Crippen LogP contribution is -2.40. The Hall–Kier alpha value is -3.65. The normalized spacial score (nSPS) is 15.2. The molecule has 0 saturated carbocycles. The molecule has 186 valence electrons. The van der Waals surface area contributed by atoms with Crippen LogP contribution < -0.4 is 4.90 Å². The van der Waals surface area contributed by atoms with E-state index in [2.05, 4.69) is 87.9 Å². The van der Waals surface area contributed by atoms with Gasteiger partial charge in [-0.05, 0) is 37.1 Å². The summed E-state index contributed by atoms with van der Waals surface area (Å²) in [5, 5.41) is 24.7. The molecule has 0 amide bonds. The number of rotatable bonds is 9. The second kappa shape index (κ2) is 11.0. The Kier molecular flexibility index (Phi) is 7.32. The third-order valence-corrected chi connectivity index (χ3v) is 6.74. The van der Waals surface area contributed by atoms with E-state index in [1.807, 2.05) is 0 Å². The van der Waals surface area contributed by atoms with Gasteiger partial charge in [-0.15, -0.1) is 5.10 Å². The highest BCUT2D eigenvalue weighted by Crippen LogP contribution is 2.35. The van der Waals surface area contributed by atoms with Gasteiger partial charge in [-0.2, -0.15) is 0 Å². The van der Waals surface area contributed by atoms with Crippen LogP contribution in [0.3, 0.4) is 0 Å². The molecule has 2 N–H and O–H groups in total. The van der Waals surface area contributed by atoms with Crippen molar-refractivity contribution < 1.29 is 5.11 Å². The van der Waals surface area contributed by atoms with E-state index in [1.54, 1.807) is 0 Å². The van der Waals surface area contributed by atoms with Gasteiger partial charge in [0, 0.05) is 37.1 Å². The summed E-state index contributed by atoms with van der Waals surface area (Å²) in [7, 11) is 0. The van der Waals surface area contributed by atoms with Crippen LogP contribution in [-0.4, -0.2) is 54.9 Å². The number of H-pyrrole nitrogens is 1. The monoisotopic (exact) mass is 483 g/mol. The van der Waals surface area contributed by atoms with Crippen molar-refractivity contribution >= 4 is 5.82 Å². The SMILES string of the molecule is Cc1ccc(-c2nc3c(nc2-c2ccc(C)cc2)N(CCCCCCc2nnn[nH]2)CC(O)C3)cc1. The van der Waals surface area contributed by atoms with Crippen LogP contribution >= 0.6 is 0 Å². The maximum Gasteiger partial charge on any atom is 0.151 e. The quantitative estimate of drug-likeness (QED) is 0.339. The average molecular weight is 484 g/mol. The smallest absolute Gasteiger partial charge is 0.151 e. The molecular weight excluding hydrogens is 450 g/mol. The van der Waals surface area contributed by atoms with Crippen molar-refractivity contribution in [3.63, 3.8) is 0 Å². The second-order valence-electron chi connectivity index (χ2n) is 9.74. The lowest BCUT2D eigenvalue weighted by molar-refractivity contribution is 0.173. The number of hydrogen-bond donors (Lipinski definition) is 2. The first-order chi connectivity index (χ1) is 17.6. The van der Waals surface area contributed by atoms with Crippen molar-refractivity contribution in [1.82, 2.24) is 30.6 Å². The van der Waals surface area contributed by atoms with Gasteiger partial charge in [0.25, 0.3) is 0 Å². The van der Waals surface area contributed by atoms with E-state index in [0.29, 0.717) is 13.0 Å². The zero-order valence-electron chi connectivity index (χ0n) is 21.0. The van der Waals surface area contributed by atoms with Gasteiger partial charge < -0.3 is 10.0 Å². The average Bonchev–Trinajstić information content (AvgIpc) is 3.40. The van der Waals surface area contributed by atoms with Crippen LogP contribution in [0, 0.1) is 13.8 Å². The third kappa shape index (κ3) is 5.60. The number of nitrogens with one attached hydrogen (secondary N) is 1. The lowest BCUT2D eigenvalue weighted by Gasteiger charge is -2.33. The fourth-order valence-electron chi connectivity index (χ4n) is 4.74. The molecule has 0 radical (unpaired) electrons. The first-order valence-electron chi connectivity index (χ1n) is 12.8. The largest absolute Gasteiger partial charge is 0.391 e.